The zero-order valence-corrected chi connectivity index (χ0v) is 9.81. The van der Waals surface area contributed by atoms with Gasteiger partial charge in [-0.1, -0.05) is 6.92 Å². The first kappa shape index (κ1) is 12.0. The Bertz CT molecular complexity index is 394. The lowest BCUT2D eigenvalue weighted by Crippen LogP contribution is -2.26. The van der Waals surface area contributed by atoms with Gasteiger partial charge in [-0.15, -0.1) is 0 Å². The molecule has 1 heterocycles. The maximum absolute atomic E-state index is 9.37. The van der Waals surface area contributed by atoms with Crippen molar-refractivity contribution >= 4 is 0 Å². The van der Waals surface area contributed by atoms with Crippen molar-refractivity contribution in [2.45, 2.75) is 19.4 Å². The predicted octanol–water partition coefficient (Wildman–Crippen LogP) is 0.676. The molecule has 0 aliphatic carbocycles. The van der Waals surface area contributed by atoms with Gasteiger partial charge in [-0.05, 0) is 18.6 Å². The molecule has 0 aromatic heterocycles. The highest BCUT2D eigenvalue weighted by Gasteiger charge is 2.20. The second-order valence-corrected chi connectivity index (χ2v) is 3.83. The molecule has 17 heavy (non-hydrogen) atoms. The highest BCUT2D eigenvalue weighted by atomic mass is 16.7. The van der Waals surface area contributed by atoms with Crippen molar-refractivity contribution in [2.75, 3.05) is 19.9 Å². The minimum Gasteiger partial charge on any atom is -0.490 e. The third-order valence-electron chi connectivity index (χ3n) is 2.66. The maximum atomic E-state index is 9.37. The molecule has 0 radical (unpaired) electrons. The van der Waals surface area contributed by atoms with E-state index >= 15 is 0 Å². The fourth-order valence-electron chi connectivity index (χ4n) is 1.74. The smallest absolute Gasteiger partial charge is 0.231 e. The van der Waals surface area contributed by atoms with Crippen LogP contribution in [0.15, 0.2) is 12.1 Å². The normalized spacial score (nSPS) is 14.8. The van der Waals surface area contributed by atoms with E-state index in [9.17, 15) is 5.11 Å². The van der Waals surface area contributed by atoms with Gasteiger partial charge in [0.05, 0.1) is 0 Å². The molecule has 1 aromatic rings. The summed E-state index contributed by atoms with van der Waals surface area (Å²) in [6.07, 6.45) is 0.130. The molecule has 3 N–H and O–H groups in total. The zero-order chi connectivity index (χ0) is 12.3. The van der Waals surface area contributed by atoms with Crippen LogP contribution in [-0.4, -0.2) is 31.2 Å². The van der Waals surface area contributed by atoms with Crippen molar-refractivity contribution in [2.24, 2.45) is 5.73 Å². The minimum atomic E-state index is -0.648. The van der Waals surface area contributed by atoms with E-state index in [1.54, 1.807) is 0 Å². The third-order valence-corrected chi connectivity index (χ3v) is 2.66. The van der Waals surface area contributed by atoms with Crippen LogP contribution < -0.4 is 19.9 Å². The number of aliphatic hydroxyl groups excluding tert-OH is 1. The van der Waals surface area contributed by atoms with E-state index in [1.807, 2.05) is 19.1 Å². The summed E-state index contributed by atoms with van der Waals surface area (Å²) in [5.41, 5.74) is 6.28. The van der Waals surface area contributed by atoms with Gasteiger partial charge in [0.25, 0.3) is 0 Å². The van der Waals surface area contributed by atoms with Gasteiger partial charge in [0.1, 0.15) is 18.5 Å². The molecular formula is C12H17NO4. The monoisotopic (exact) mass is 239 g/mol. The van der Waals surface area contributed by atoms with Gasteiger partial charge in [0.2, 0.25) is 6.79 Å². The Hall–Kier alpha value is -1.46. The summed E-state index contributed by atoms with van der Waals surface area (Å²) >= 11 is 0. The van der Waals surface area contributed by atoms with Crippen LogP contribution in [0, 0.1) is 0 Å². The van der Waals surface area contributed by atoms with Gasteiger partial charge in [-0.25, -0.2) is 0 Å². The van der Waals surface area contributed by atoms with Crippen LogP contribution in [0.25, 0.3) is 0 Å². The Morgan fingerprint density at radius 3 is 3.00 bits per heavy atom. The van der Waals surface area contributed by atoms with E-state index in [0.717, 1.165) is 23.5 Å². The van der Waals surface area contributed by atoms with E-state index in [4.69, 9.17) is 19.9 Å². The fourth-order valence-corrected chi connectivity index (χ4v) is 1.74. The second kappa shape index (κ2) is 5.25. The van der Waals surface area contributed by atoms with E-state index in [-0.39, 0.29) is 19.9 Å². The molecule has 0 bridgehead atoms. The van der Waals surface area contributed by atoms with Crippen LogP contribution in [0.4, 0.5) is 0 Å². The second-order valence-electron chi connectivity index (χ2n) is 3.83. The van der Waals surface area contributed by atoms with Crippen LogP contribution in [0.1, 0.15) is 12.5 Å². The molecule has 94 valence electrons. The molecule has 2 rings (SSSR count). The number of fused-ring (bicyclic) bond motifs is 1. The van der Waals surface area contributed by atoms with Crippen molar-refractivity contribution in [1.29, 1.82) is 0 Å². The van der Waals surface area contributed by atoms with E-state index in [2.05, 4.69) is 0 Å². The van der Waals surface area contributed by atoms with Gasteiger partial charge >= 0.3 is 0 Å². The van der Waals surface area contributed by atoms with Crippen LogP contribution in [0.5, 0.6) is 17.2 Å². The maximum Gasteiger partial charge on any atom is 0.231 e. The predicted molar refractivity (Wildman–Crippen MR) is 62.5 cm³/mol. The van der Waals surface area contributed by atoms with Crippen molar-refractivity contribution in [3.63, 3.8) is 0 Å². The number of rotatable bonds is 5. The van der Waals surface area contributed by atoms with Crippen molar-refractivity contribution in [3.8, 4) is 17.2 Å². The summed E-state index contributed by atoms with van der Waals surface area (Å²) in [5.74, 6) is 2.20. The molecule has 5 nitrogen and oxygen atoms in total. The summed E-state index contributed by atoms with van der Waals surface area (Å²) in [5, 5.41) is 9.37. The van der Waals surface area contributed by atoms with Crippen LogP contribution in [0.3, 0.4) is 0 Å². The summed E-state index contributed by atoms with van der Waals surface area (Å²) in [6.45, 7) is 2.63. The molecule has 1 atom stereocenters. The molecule has 0 amide bonds. The number of aliphatic hydroxyl groups is 1. The Morgan fingerprint density at radius 2 is 2.29 bits per heavy atom. The van der Waals surface area contributed by atoms with Crippen molar-refractivity contribution < 1.29 is 19.3 Å². The number of hydrogen-bond donors (Lipinski definition) is 2. The number of nitrogens with two attached hydrogens (primary N) is 1. The average molecular weight is 239 g/mol. The number of benzene rings is 1. The van der Waals surface area contributed by atoms with Gasteiger partial charge < -0.3 is 25.1 Å². The van der Waals surface area contributed by atoms with Gasteiger partial charge in [0.15, 0.2) is 11.5 Å². The van der Waals surface area contributed by atoms with Gasteiger partial charge in [-0.3, -0.25) is 0 Å². The summed E-state index contributed by atoms with van der Waals surface area (Å²) < 4.78 is 16.2. The zero-order valence-electron chi connectivity index (χ0n) is 9.81. The topological polar surface area (TPSA) is 73.9 Å². The average Bonchev–Trinajstić information content (AvgIpc) is 2.83. The number of ether oxygens (including phenoxy) is 3. The standard InChI is InChI=1S/C12H17NO4/c1-2-9-10(15-6-8(14)5-13)3-4-11-12(9)17-7-16-11/h3-4,8,14H,2,5-7,13H2,1H3. The Labute approximate surface area is 100 Å². The Balaban J connectivity index is 2.17. The van der Waals surface area contributed by atoms with Gasteiger partial charge in [-0.2, -0.15) is 0 Å². The van der Waals surface area contributed by atoms with Crippen molar-refractivity contribution in [3.05, 3.63) is 17.7 Å². The fraction of sp³-hybridized carbons (Fsp3) is 0.500. The molecule has 0 fully saturated rings. The largest absolute Gasteiger partial charge is 0.490 e. The molecule has 0 saturated carbocycles. The lowest BCUT2D eigenvalue weighted by atomic mass is 10.1. The molecule has 1 aromatic carbocycles. The lowest BCUT2D eigenvalue weighted by Gasteiger charge is -2.14. The Kier molecular flexibility index (Phi) is 3.71. The van der Waals surface area contributed by atoms with E-state index in [0.29, 0.717) is 5.75 Å². The van der Waals surface area contributed by atoms with E-state index < -0.39 is 6.10 Å². The SMILES string of the molecule is CCc1c(OCC(O)CN)ccc2c1OCO2. The first-order valence-electron chi connectivity index (χ1n) is 5.68. The van der Waals surface area contributed by atoms with Crippen LogP contribution in [0.2, 0.25) is 0 Å². The molecule has 1 unspecified atom stereocenters. The van der Waals surface area contributed by atoms with Crippen LogP contribution >= 0.6 is 0 Å². The highest BCUT2D eigenvalue weighted by molar-refractivity contribution is 5.55. The molecular weight excluding hydrogens is 222 g/mol. The third kappa shape index (κ3) is 2.45. The molecule has 0 spiro atoms. The highest BCUT2D eigenvalue weighted by Crippen LogP contribution is 2.40. The van der Waals surface area contributed by atoms with Crippen molar-refractivity contribution in [1.82, 2.24) is 0 Å². The minimum absolute atomic E-state index is 0.184. The summed E-state index contributed by atoms with van der Waals surface area (Å²) in [7, 11) is 0. The number of hydrogen-bond acceptors (Lipinski definition) is 5. The van der Waals surface area contributed by atoms with E-state index in [1.165, 1.54) is 0 Å². The van der Waals surface area contributed by atoms with Crippen LogP contribution in [-0.2, 0) is 6.42 Å². The molecule has 1 aliphatic rings. The molecule has 1 aliphatic heterocycles. The first-order chi connectivity index (χ1) is 8.26. The lowest BCUT2D eigenvalue weighted by molar-refractivity contribution is 0.113. The molecule has 0 saturated heterocycles. The van der Waals surface area contributed by atoms with Gasteiger partial charge in [0, 0.05) is 12.1 Å². The Morgan fingerprint density at radius 1 is 1.47 bits per heavy atom. The summed E-state index contributed by atoms with van der Waals surface area (Å²) in [6, 6.07) is 3.64. The molecule has 5 heteroatoms. The summed E-state index contributed by atoms with van der Waals surface area (Å²) in [4.78, 5) is 0. The first-order valence-corrected chi connectivity index (χ1v) is 5.68. The quantitative estimate of drug-likeness (QED) is 0.790.